The van der Waals surface area contributed by atoms with E-state index in [1.165, 1.54) is 11.6 Å². The summed E-state index contributed by atoms with van der Waals surface area (Å²) in [5.74, 6) is -0.0315. The first-order chi connectivity index (χ1) is 5.25. The maximum atomic E-state index is 10.9. The largest absolute Gasteiger partial charge is 0.394 e. The van der Waals surface area contributed by atoms with Crippen LogP contribution in [0.2, 0.25) is 0 Å². The molecule has 4 heteroatoms. The standard InChI is InChI=1S/C7H10N2O2/c1-6(11)7-2-3-8-9(7)4-5-10/h2-3,10H,4-5H2,1H3. The molecule has 1 N–H and O–H groups in total. The van der Waals surface area contributed by atoms with Crippen LogP contribution in [0.25, 0.3) is 0 Å². The fourth-order valence-corrected chi connectivity index (χ4v) is 0.905. The minimum absolute atomic E-state index is 0.00194. The molecule has 1 heterocycles. The third-order valence-electron chi connectivity index (χ3n) is 1.39. The molecule has 0 aromatic carbocycles. The molecule has 0 fully saturated rings. The van der Waals surface area contributed by atoms with Gasteiger partial charge in [-0.2, -0.15) is 5.10 Å². The smallest absolute Gasteiger partial charge is 0.177 e. The molecule has 1 aromatic rings. The lowest BCUT2D eigenvalue weighted by atomic mass is 10.3. The van der Waals surface area contributed by atoms with Gasteiger partial charge in [-0.05, 0) is 6.07 Å². The van der Waals surface area contributed by atoms with Gasteiger partial charge in [0.2, 0.25) is 0 Å². The molecule has 0 aliphatic heterocycles. The van der Waals surface area contributed by atoms with Crippen molar-refractivity contribution >= 4 is 5.78 Å². The van der Waals surface area contributed by atoms with Crippen molar-refractivity contribution in [3.63, 3.8) is 0 Å². The van der Waals surface area contributed by atoms with Crippen LogP contribution in [0.3, 0.4) is 0 Å². The molecule has 0 saturated carbocycles. The highest BCUT2D eigenvalue weighted by Crippen LogP contribution is 1.98. The highest BCUT2D eigenvalue weighted by molar-refractivity contribution is 5.92. The van der Waals surface area contributed by atoms with Gasteiger partial charge in [-0.15, -0.1) is 0 Å². The lowest BCUT2D eigenvalue weighted by Crippen LogP contribution is -2.10. The summed E-state index contributed by atoms with van der Waals surface area (Å²) < 4.78 is 1.49. The molecule has 1 rings (SSSR count). The summed E-state index contributed by atoms with van der Waals surface area (Å²) in [5, 5.41) is 12.4. The predicted molar refractivity (Wildman–Crippen MR) is 39.3 cm³/mol. The molecule has 4 nitrogen and oxygen atoms in total. The number of hydrogen-bond donors (Lipinski definition) is 1. The molecule has 0 spiro atoms. The molecule has 0 bridgehead atoms. The van der Waals surface area contributed by atoms with Crippen LogP contribution in [-0.2, 0) is 6.54 Å². The maximum absolute atomic E-state index is 10.9. The second kappa shape index (κ2) is 3.30. The number of aliphatic hydroxyl groups is 1. The number of ketones is 1. The van der Waals surface area contributed by atoms with E-state index in [0.717, 1.165) is 0 Å². The number of Topliss-reactive ketones (excluding diaryl/α,β-unsaturated/α-hetero) is 1. The van der Waals surface area contributed by atoms with Crippen molar-refractivity contribution < 1.29 is 9.90 Å². The Labute approximate surface area is 64.5 Å². The maximum Gasteiger partial charge on any atom is 0.177 e. The summed E-state index contributed by atoms with van der Waals surface area (Å²) in [7, 11) is 0. The second-order valence-corrected chi connectivity index (χ2v) is 2.22. The van der Waals surface area contributed by atoms with Crippen LogP contribution in [0.1, 0.15) is 17.4 Å². The van der Waals surface area contributed by atoms with E-state index in [4.69, 9.17) is 5.11 Å². The van der Waals surface area contributed by atoms with Gasteiger partial charge in [0.15, 0.2) is 5.78 Å². The van der Waals surface area contributed by atoms with E-state index in [1.807, 2.05) is 0 Å². The van der Waals surface area contributed by atoms with Gasteiger partial charge in [0.1, 0.15) is 5.69 Å². The van der Waals surface area contributed by atoms with Gasteiger partial charge in [-0.3, -0.25) is 9.48 Å². The second-order valence-electron chi connectivity index (χ2n) is 2.22. The Morgan fingerprint density at radius 3 is 3.09 bits per heavy atom. The summed E-state index contributed by atoms with van der Waals surface area (Å²) in [6.07, 6.45) is 1.55. The van der Waals surface area contributed by atoms with Crippen molar-refractivity contribution in [2.75, 3.05) is 6.61 Å². The number of carbonyl (C=O) groups excluding carboxylic acids is 1. The quantitative estimate of drug-likeness (QED) is 0.627. The Morgan fingerprint density at radius 1 is 1.82 bits per heavy atom. The van der Waals surface area contributed by atoms with E-state index < -0.39 is 0 Å². The van der Waals surface area contributed by atoms with Crippen LogP contribution >= 0.6 is 0 Å². The minimum Gasteiger partial charge on any atom is -0.394 e. The van der Waals surface area contributed by atoms with E-state index in [2.05, 4.69) is 5.10 Å². The third kappa shape index (κ3) is 1.65. The van der Waals surface area contributed by atoms with Crippen molar-refractivity contribution in [3.8, 4) is 0 Å². The van der Waals surface area contributed by atoms with Gasteiger partial charge in [0.05, 0.1) is 13.2 Å². The Hall–Kier alpha value is -1.16. The zero-order valence-corrected chi connectivity index (χ0v) is 6.32. The van der Waals surface area contributed by atoms with Gasteiger partial charge in [0, 0.05) is 13.1 Å². The number of nitrogens with zero attached hydrogens (tertiary/aromatic N) is 2. The highest BCUT2D eigenvalue weighted by atomic mass is 16.3. The molecule has 0 aliphatic carbocycles. The summed E-state index contributed by atoms with van der Waals surface area (Å²) in [4.78, 5) is 10.9. The number of aromatic nitrogens is 2. The Morgan fingerprint density at radius 2 is 2.55 bits per heavy atom. The first-order valence-electron chi connectivity index (χ1n) is 3.39. The molecular weight excluding hydrogens is 144 g/mol. The Balaban J connectivity index is 2.87. The van der Waals surface area contributed by atoms with Crippen LogP contribution in [0.15, 0.2) is 12.3 Å². The summed E-state index contributed by atoms with van der Waals surface area (Å²) in [6.45, 7) is 1.86. The first kappa shape index (κ1) is 7.94. The molecule has 0 atom stereocenters. The Bertz CT molecular complexity index is 255. The lowest BCUT2D eigenvalue weighted by Gasteiger charge is -2.00. The van der Waals surface area contributed by atoms with E-state index in [1.54, 1.807) is 12.3 Å². The summed E-state index contributed by atoms with van der Waals surface area (Å²) in [6, 6.07) is 1.64. The molecule has 0 amide bonds. The van der Waals surface area contributed by atoms with E-state index in [-0.39, 0.29) is 12.4 Å². The van der Waals surface area contributed by atoms with Crippen LogP contribution < -0.4 is 0 Å². The van der Waals surface area contributed by atoms with Crippen molar-refractivity contribution in [1.29, 1.82) is 0 Å². The Kier molecular flexibility index (Phi) is 2.38. The predicted octanol–water partition coefficient (Wildman–Crippen LogP) is 0.0780. The number of carbonyl (C=O) groups is 1. The van der Waals surface area contributed by atoms with E-state index in [0.29, 0.717) is 12.2 Å². The molecule has 0 saturated heterocycles. The molecular formula is C7H10N2O2. The summed E-state index contributed by atoms with van der Waals surface area (Å²) in [5.41, 5.74) is 0.541. The van der Waals surface area contributed by atoms with Crippen LogP contribution in [0.4, 0.5) is 0 Å². The average molecular weight is 154 g/mol. The normalized spacial score (nSPS) is 10.0. The molecule has 0 radical (unpaired) electrons. The van der Waals surface area contributed by atoms with Crippen LogP contribution in [-0.4, -0.2) is 27.3 Å². The SMILES string of the molecule is CC(=O)c1ccnn1CCO. The number of aliphatic hydroxyl groups excluding tert-OH is 1. The zero-order chi connectivity index (χ0) is 8.27. The van der Waals surface area contributed by atoms with E-state index in [9.17, 15) is 4.79 Å². The van der Waals surface area contributed by atoms with E-state index >= 15 is 0 Å². The van der Waals surface area contributed by atoms with Crippen LogP contribution in [0.5, 0.6) is 0 Å². The monoisotopic (exact) mass is 154 g/mol. The van der Waals surface area contributed by atoms with Gasteiger partial charge < -0.3 is 5.11 Å². The third-order valence-corrected chi connectivity index (χ3v) is 1.39. The fourth-order valence-electron chi connectivity index (χ4n) is 0.905. The highest BCUT2D eigenvalue weighted by Gasteiger charge is 2.04. The topological polar surface area (TPSA) is 55.1 Å². The van der Waals surface area contributed by atoms with Gasteiger partial charge in [-0.1, -0.05) is 0 Å². The van der Waals surface area contributed by atoms with Gasteiger partial charge in [0.25, 0.3) is 0 Å². The van der Waals surface area contributed by atoms with Crippen molar-refractivity contribution in [2.45, 2.75) is 13.5 Å². The molecule has 11 heavy (non-hydrogen) atoms. The fraction of sp³-hybridized carbons (Fsp3) is 0.429. The van der Waals surface area contributed by atoms with Gasteiger partial charge in [-0.25, -0.2) is 0 Å². The number of rotatable bonds is 3. The van der Waals surface area contributed by atoms with Crippen molar-refractivity contribution in [3.05, 3.63) is 18.0 Å². The van der Waals surface area contributed by atoms with Crippen molar-refractivity contribution in [2.24, 2.45) is 0 Å². The molecule has 0 aliphatic rings. The molecule has 60 valence electrons. The molecule has 0 unspecified atom stereocenters. The van der Waals surface area contributed by atoms with Gasteiger partial charge >= 0.3 is 0 Å². The average Bonchev–Trinajstić information content (AvgIpc) is 2.36. The van der Waals surface area contributed by atoms with Crippen molar-refractivity contribution in [1.82, 2.24) is 9.78 Å². The number of hydrogen-bond acceptors (Lipinski definition) is 3. The minimum atomic E-state index is -0.0315. The first-order valence-corrected chi connectivity index (χ1v) is 3.39. The molecule has 1 aromatic heterocycles. The lowest BCUT2D eigenvalue weighted by molar-refractivity contribution is 0.100. The zero-order valence-electron chi connectivity index (χ0n) is 6.32. The summed E-state index contributed by atoms with van der Waals surface area (Å²) >= 11 is 0. The van der Waals surface area contributed by atoms with Crippen LogP contribution in [0, 0.1) is 0 Å².